The molecule has 1 aliphatic heterocycles. The third-order valence-corrected chi connectivity index (χ3v) is 5.76. The van der Waals surface area contributed by atoms with Gasteiger partial charge < -0.3 is 10.3 Å². The summed E-state index contributed by atoms with van der Waals surface area (Å²) in [7, 11) is 0. The van der Waals surface area contributed by atoms with Crippen LogP contribution in [0.15, 0.2) is 23.0 Å². The molecule has 6 heteroatoms. The molecule has 0 bridgehead atoms. The van der Waals surface area contributed by atoms with Crippen molar-refractivity contribution in [3.8, 4) is 0 Å². The molecule has 0 radical (unpaired) electrons. The lowest BCUT2D eigenvalue weighted by molar-refractivity contribution is 0.0189. The maximum Gasteiger partial charge on any atom is 0.258 e. The van der Waals surface area contributed by atoms with Gasteiger partial charge in [-0.15, -0.1) is 0 Å². The van der Waals surface area contributed by atoms with E-state index in [1.54, 1.807) is 12.1 Å². The number of H-pyrrole nitrogens is 1. The molecular formula is C18H23ClN4O. The monoisotopic (exact) mass is 346 g/mol. The lowest BCUT2D eigenvalue weighted by Crippen LogP contribution is -2.61. The Kier molecular flexibility index (Phi) is 4.33. The second-order valence-corrected chi connectivity index (χ2v) is 7.49. The van der Waals surface area contributed by atoms with Crippen molar-refractivity contribution >= 4 is 22.5 Å². The Bertz CT molecular complexity index is 789. The summed E-state index contributed by atoms with van der Waals surface area (Å²) in [6, 6.07) is 5.29. The van der Waals surface area contributed by atoms with Crippen molar-refractivity contribution in [2.75, 3.05) is 19.6 Å². The number of halogens is 1. The van der Waals surface area contributed by atoms with E-state index in [2.05, 4.69) is 20.2 Å². The van der Waals surface area contributed by atoms with Crippen molar-refractivity contribution in [1.29, 1.82) is 0 Å². The molecule has 0 unspecified atom stereocenters. The van der Waals surface area contributed by atoms with Gasteiger partial charge in [-0.1, -0.05) is 30.9 Å². The lowest BCUT2D eigenvalue weighted by Gasteiger charge is -2.49. The Balaban J connectivity index is 1.65. The molecule has 4 rings (SSSR count). The average molecular weight is 347 g/mol. The summed E-state index contributed by atoms with van der Waals surface area (Å²) >= 11 is 5.99. The number of nitrogens with one attached hydrogen (secondary N) is 2. The van der Waals surface area contributed by atoms with Gasteiger partial charge in [-0.2, -0.15) is 0 Å². The minimum atomic E-state index is -0.106. The molecule has 1 aromatic heterocycles. The van der Waals surface area contributed by atoms with E-state index in [1.165, 1.54) is 32.1 Å². The Hall–Kier alpha value is -1.43. The van der Waals surface area contributed by atoms with Crippen LogP contribution in [0.2, 0.25) is 5.02 Å². The number of nitrogens with zero attached hydrogens (tertiary/aromatic N) is 2. The van der Waals surface area contributed by atoms with Gasteiger partial charge in [0.15, 0.2) is 0 Å². The van der Waals surface area contributed by atoms with Gasteiger partial charge in [0, 0.05) is 30.2 Å². The van der Waals surface area contributed by atoms with E-state index in [9.17, 15) is 4.79 Å². The number of hydrogen-bond acceptors (Lipinski definition) is 4. The molecule has 1 saturated heterocycles. The fraction of sp³-hybridized carbons (Fsp3) is 0.556. The van der Waals surface area contributed by atoms with Crippen molar-refractivity contribution in [1.82, 2.24) is 20.2 Å². The minimum Gasteiger partial charge on any atom is -0.314 e. The van der Waals surface area contributed by atoms with Gasteiger partial charge in [0.25, 0.3) is 5.56 Å². The van der Waals surface area contributed by atoms with Crippen molar-refractivity contribution in [2.45, 2.75) is 44.2 Å². The molecule has 2 heterocycles. The maximum absolute atomic E-state index is 12.4. The number of hydrogen-bond donors (Lipinski definition) is 2. The van der Waals surface area contributed by atoms with E-state index < -0.39 is 0 Å². The molecule has 5 nitrogen and oxygen atoms in total. The van der Waals surface area contributed by atoms with Gasteiger partial charge >= 0.3 is 0 Å². The molecule has 2 N–H and O–H groups in total. The zero-order valence-corrected chi connectivity index (χ0v) is 14.5. The summed E-state index contributed by atoms with van der Waals surface area (Å²) in [5, 5.41) is 4.68. The van der Waals surface area contributed by atoms with Gasteiger partial charge in [0.2, 0.25) is 0 Å². The second-order valence-electron chi connectivity index (χ2n) is 7.06. The van der Waals surface area contributed by atoms with Gasteiger partial charge in [-0.25, -0.2) is 4.98 Å². The number of fused-ring (bicyclic) bond motifs is 1. The molecule has 128 valence electrons. The zero-order chi connectivity index (χ0) is 16.6. The highest BCUT2D eigenvalue weighted by molar-refractivity contribution is 6.31. The summed E-state index contributed by atoms with van der Waals surface area (Å²) in [6.45, 7) is 3.74. The number of aromatic amines is 1. The summed E-state index contributed by atoms with van der Waals surface area (Å²) in [6.07, 6.45) is 6.37. The minimum absolute atomic E-state index is 0.106. The number of rotatable bonds is 2. The molecule has 1 aromatic carbocycles. The Labute approximate surface area is 146 Å². The molecular weight excluding hydrogens is 324 g/mol. The quantitative estimate of drug-likeness (QED) is 0.877. The van der Waals surface area contributed by atoms with E-state index in [0.29, 0.717) is 22.5 Å². The van der Waals surface area contributed by atoms with Gasteiger partial charge in [-0.05, 0) is 31.0 Å². The van der Waals surface area contributed by atoms with E-state index in [1.807, 2.05) is 6.07 Å². The van der Waals surface area contributed by atoms with E-state index in [0.717, 1.165) is 25.5 Å². The molecule has 0 atom stereocenters. The maximum atomic E-state index is 12.4. The van der Waals surface area contributed by atoms with Crippen molar-refractivity contribution in [3.05, 3.63) is 39.4 Å². The van der Waals surface area contributed by atoms with Crippen LogP contribution < -0.4 is 10.9 Å². The Morgan fingerprint density at radius 3 is 2.92 bits per heavy atom. The van der Waals surface area contributed by atoms with Crippen LogP contribution >= 0.6 is 11.6 Å². The van der Waals surface area contributed by atoms with Crippen LogP contribution in [0.25, 0.3) is 10.9 Å². The number of piperazine rings is 1. The number of aromatic nitrogens is 2. The molecule has 1 spiro atoms. The van der Waals surface area contributed by atoms with Crippen LogP contribution in [0.3, 0.4) is 0 Å². The van der Waals surface area contributed by atoms with Gasteiger partial charge in [-0.3, -0.25) is 9.69 Å². The molecule has 24 heavy (non-hydrogen) atoms. The predicted molar refractivity (Wildman–Crippen MR) is 96.5 cm³/mol. The Morgan fingerprint density at radius 1 is 1.25 bits per heavy atom. The van der Waals surface area contributed by atoms with Crippen molar-refractivity contribution < 1.29 is 0 Å². The highest BCUT2D eigenvalue weighted by atomic mass is 35.5. The summed E-state index contributed by atoms with van der Waals surface area (Å²) < 4.78 is 0. The van der Waals surface area contributed by atoms with Crippen LogP contribution in [0.4, 0.5) is 0 Å². The van der Waals surface area contributed by atoms with Crippen molar-refractivity contribution in [3.63, 3.8) is 0 Å². The third kappa shape index (κ3) is 2.96. The smallest absolute Gasteiger partial charge is 0.258 e. The largest absolute Gasteiger partial charge is 0.314 e. The highest BCUT2D eigenvalue weighted by Gasteiger charge is 2.39. The molecule has 1 aliphatic carbocycles. The lowest BCUT2D eigenvalue weighted by atomic mass is 9.79. The fourth-order valence-corrected chi connectivity index (χ4v) is 4.42. The highest BCUT2D eigenvalue weighted by Crippen LogP contribution is 2.35. The van der Waals surface area contributed by atoms with E-state index >= 15 is 0 Å². The summed E-state index contributed by atoms with van der Waals surface area (Å²) in [5.74, 6) is 0.752. The average Bonchev–Trinajstić information content (AvgIpc) is 2.59. The third-order valence-electron chi connectivity index (χ3n) is 5.52. The van der Waals surface area contributed by atoms with Crippen molar-refractivity contribution in [2.24, 2.45) is 0 Å². The SMILES string of the molecule is O=c1[nH]c(CN2CCNCC23CCCCC3)nc2ccc(Cl)cc12. The van der Waals surface area contributed by atoms with Crippen LogP contribution in [-0.2, 0) is 6.54 Å². The second kappa shape index (κ2) is 6.47. The standard InChI is InChI=1S/C18H23ClN4O/c19-13-4-5-15-14(10-13)17(24)22-16(21-15)11-23-9-8-20-12-18(23)6-2-1-3-7-18/h4-5,10,20H,1-3,6-9,11-12H2,(H,21,22,24). The first kappa shape index (κ1) is 16.1. The normalized spacial score (nSPS) is 21.4. The topological polar surface area (TPSA) is 61.0 Å². The molecule has 0 amide bonds. The summed E-state index contributed by atoms with van der Waals surface area (Å²) in [4.78, 5) is 22.5. The first-order chi connectivity index (χ1) is 11.7. The van der Waals surface area contributed by atoms with E-state index in [-0.39, 0.29) is 11.1 Å². The first-order valence-electron chi connectivity index (χ1n) is 8.81. The molecule has 1 saturated carbocycles. The Morgan fingerprint density at radius 2 is 2.08 bits per heavy atom. The van der Waals surface area contributed by atoms with E-state index in [4.69, 9.17) is 11.6 Å². The van der Waals surface area contributed by atoms with Gasteiger partial charge in [0.1, 0.15) is 5.82 Å². The zero-order valence-electron chi connectivity index (χ0n) is 13.8. The predicted octanol–water partition coefficient (Wildman–Crippen LogP) is 2.68. The van der Waals surface area contributed by atoms with Crippen LogP contribution in [0.1, 0.15) is 37.9 Å². The van der Waals surface area contributed by atoms with Gasteiger partial charge in [0.05, 0.1) is 17.4 Å². The molecule has 2 aromatic rings. The van der Waals surface area contributed by atoms with Crippen LogP contribution in [0.5, 0.6) is 0 Å². The fourth-order valence-electron chi connectivity index (χ4n) is 4.25. The van der Waals surface area contributed by atoms with Crippen LogP contribution in [0, 0.1) is 0 Å². The number of benzene rings is 1. The first-order valence-corrected chi connectivity index (χ1v) is 9.18. The molecule has 2 fully saturated rings. The summed E-state index contributed by atoms with van der Waals surface area (Å²) in [5.41, 5.74) is 0.834. The molecule has 2 aliphatic rings. The van der Waals surface area contributed by atoms with Crippen LogP contribution in [-0.4, -0.2) is 40.0 Å².